The van der Waals surface area contributed by atoms with Crippen LogP contribution in [-0.2, 0) is 9.47 Å². The molecule has 0 N–H and O–H groups in total. The third-order valence-electron chi connectivity index (χ3n) is 6.77. The van der Waals surface area contributed by atoms with Gasteiger partial charge >= 0.3 is 0 Å². The van der Waals surface area contributed by atoms with Gasteiger partial charge in [-0.3, -0.25) is 4.90 Å². The van der Waals surface area contributed by atoms with E-state index in [1.807, 2.05) is 20.9 Å². The topological polar surface area (TPSA) is 26.1 Å². The van der Waals surface area contributed by atoms with Crippen molar-refractivity contribution in [3.63, 3.8) is 0 Å². The van der Waals surface area contributed by atoms with Gasteiger partial charge in [0.05, 0.1) is 6.04 Å². The largest absolute Gasteiger partial charge is 0.349 e. The van der Waals surface area contributed by atoms with Crippen LogP contribution in [0, 0.1) is 11.5 Å². The molecule has 1 heterocycles. The first kappa shape index (κ1) is 26.6. The summed E-state index contributed by atoms with van der Waals surface area (Å²) >= 11 is 3.92. The van der Waals surface area contributed by atoms with Crippen molar-refractivity contribution < 1.29 is 9.47 Å². The number of hydrogen-bond donors (Lipinski definition) is 0. The van der Waals surface area contributed by atoms with Gasteiger partial charge in [0.2, 0.25) is 0 Å². The summed E-state index contributed by atoms with van der Waals surface area (Å²) in [5, 5.41) is 0. The molecule has 2 aromatic carbocycles. The van der Waals surface area contributed by atoms with Crippen molar-refractivity contribution in [2.24, 2.45) is 5.41 Å². The van der Waals surface area contributed by atoms with Crippen LogP contribution in [-0.4, -0.2) is 44.5 Å². The predicted octanol–water partition coefficient (Wildman–Crippen LogP) is 7.37. The maximum absolute atomic E-state index is 5.93. The fraction of sp³-hybridized carbons (Fsp3) is 0.387. The summed E-state index contributed by atoms with van der Waals surface area (Å²) in [5.74, 6) is 0. The number of halogens is 1. The summed E-state index contributed by atoms with van der Waals surface area (Å²) in [6.07, 6.45) is 4.96. The van der Waals surface area contributed by atoms with E-state index in [1.54, 1.807) is 0 Å². The molecule has 1 fully saturated rings. The molecule has 1 aliphatic heterocycles. The van der Waals surface area contributed by atoms with Gasteiger partial charge < -0.3 is 9.47 Å². The van der Waals surface area contributed by atoms with Gasteiger partial charge in [-0.2, -0.15) is 0 Å². The van der Waals surface area contributed by atoms with Crippen LogP contribution in [0.4, 0.5) is 0 Å². The van der Waals surface area contributed by atoms with Crippen LogP contribution in [0.25, 0.3) is 4.85 Å². The lowest BCUT2D eigenvalue weighted by Gasteiger charge is -2.49. The molecule has 0 bridgehead atoms. The molecule has 4 nitrogen and oxygen atoms in total. The molecule has 0 atom stereocenters. The lowest BCUT2D eigenvalue weighted by atomic mass is 9.72. The van der Waals surface area contributed by atoms with Crippen LogP contribution in [0.15, 0.2) is 94.0 Å². The Morgan fingerprint density at radius 3 is 2.00 bits per heavy atom. The van der Waals surface area contributed by atoms with E-state index in [1.165, 1.54) is 22.3 Å². The highest BCUT2D eigenvalue weighted by atomic mass is 79.9. The number of likely N-dealkylation sites (tertiary alicyclic amines) is 1. The highest BCUT2D eigenvalue weighted by Crippen LogP contribution is 2.48. The van der Waals surface area contributed by atoms with Crippen LogP contribution < -0.4 is 0 Å². The zero-order chi connectivity index (χ0) is 25.5. The lowest BCUT2D eigenvalue weighted by Crippen LogP contribution is -2.57. The van der Waals surface area contributed by atoms with Gasteiger partial charge in [-0.05, 0) is 55.5 Å². The van der Waals surface area contributed by atoms with E-state index in [0.29, 0.717) is 13.2 Å². The van der Waals surface area contributed by atoms with Gasteiger partial charge in [0.15, 0.2) is 11.7 Å². The van der Waals surface area contributed by atoms with Crippen molar-refractivity contribution in [3.05, 3.63) is 110 Å². The summed E-state index contributed by atoms with van der Waals surface area (Å²) in [7, 11) is 1.82. The van der Waals surface area contributed by atoms with Crippen molar-refractivity contribution in [2.45, 2.75) is 39.5 Å². The molecule has 1 saturated heterocycles. The minimum atomic E-state index is -0.339. The van der Waals surface area contributed by atoms with E-state index < -0.39 is 0 Å². The Balaban J connectivity index is 1.70. The first-order chi connectivity index (χ1) is 17.5. The molecular weight excluding hydrogens is 512 g/mol. The first-order valence-corrected chi connectivity index (χ1v) is 13.5. The average Bonchev–Trinajstić information content (AvgIpc) is 3.01. The minimum Gasteiger partial charge on any atom is -0.349 e. The molecule has 1 aliphatic carbocycles. The van der Waals surface area contributed by atoms with Gasteiger partial charge in [0.25, 0.3) is 13.1 Å². The second-order valence-electron chi connectivity index (χ2n) is 9.44. The monoisotopic (exact) mass is 547 g/mol. The standard InChI is InChI=1S/C31H36BrN2O2/c1-5-35-30(36-6-2)26-17-23(3)18-27(28(32)19-26)31(20-33-4)21-34(22-31)29(24-13-9-7-10-14-24)25-15-11-8-12-16-25/h7-16,18-19,29-30H,5-6,17,21-22H2,1-4H3/q+1. The maximum Gasteiger partial charge on any atom is 0.286 e. The van der Waals surface area contributed by atoms with Gasteiger partial charge in [-0.25, -0.2) is 0 Å². The molecule has 0 unspecified atom stereocenters. The van der Waals surface area contributed by atoms with Gasteiger partial charge in [-0.1, -0.05) is 93.1 Å². The van der Waals surface area contributed by atoms with E-state index in [9.17, 15) is 0 Å². The van der Waals surface area contributed by atoms with Crippen molar-refractivity contribution in [1.82, 2.24) is 4.90 Å². The lowest BCUT2D eigenvalue weighted by molar-refractivity contribution is -0.112. The Hall–Kier alpha value is -2.49. The summed E-state index contributed by atoms with van der Waals surface area (Å²) in [6.45, 7) is 9.06. The molecule has 0 amide bonds. The molecular formula is C31H36BrN2O2+. The van der Waals surface area contributed by atoms with E-state index in [4.69, 9.17) is 9.47 Å². The highest BCUT2D eigenvalue weighted by Gasteiger charge is 2.52. The number of rotatable bonds is 9. The Morgan fingerprint density at radius 2 is 1.50 bits per heavy atom. The molecule has 5 heteroatoms. The van der Waals surface area contributed by atoms with Gasteiger partial charge in [-0.15, -0.1) is 0 Å². The molecule has 0 saturated carbocycles. The van der Waals surface area contributed by atoms with Crippen LogP contribution in [0.1, 0.15) is 44.4 Å². The van der Waals surface area contributed by atoms with E-state index in [2.05, 4.69) is 111 Å². The summed E-state index contributed by atoms with van der Waals surface area (Å²) in [6, 6.07) is 25.2. The van der Waals surface area contributed by atoms with Crippen LogP contribution in [0.5, 0.6) is 0 Å². The summed E-state index contributed by atoms with van der Waals surface area (Å²) in [4.78, 5) is 6.94. The van der Waals surface area contributed by atoms with Crippen LogP contribution >= 0.6 is 15.9 Å². The second kappa shape index (κ2) is 12.2. The molecule has 2 aliphatic rings. The molecule has 2 aromatic rings. The predicted molar refractivity (Wildman–Crippen MR) is 151 cm³/mol. The fourth-order valence-corrected chi connectivity index (χ4v) is 6.08. The fourth-order valence-electron chi connectivity index (χ4n) is 5.29. The van der Waals surface area contributed by atoms with Gasteiger partial charge in [0, 0.05) is 30.8 Å². The average molecular weight is 549 g/mol. The molecule has 36 heavy (non-hydrogen) atoms. The molecule has 0 aromatic heterocycles. The summed E-state index contributed by atoms with van der Waals surface area (Å²) < 4.78 is 12.9. The van der Waals surface area contributed by atoms with Crippen molar-refractivity contribution in [3.8, 4) is 6.07 Å². The third-order valence-corrected chi connectivity index (χ3v) is 7.42. The van der Waals surface area contributed by atoms with Crippen LogP contribution in [0.3, 0.4) is 0 Å². The normalized spacial score (nSPS) is 17.8. The molecule has 4 rings (SSSR count). The molecule has 0 spiro atoms. The minimum absolute atomic E-state index is 0.181. The Morgan fingerprint density at radius 1 is 0.944 bits per heavy atom. The van der Waals surface area contributed by atoms with Crippen LogP contribution in [0.2, 0.25) is 0 Å². The number of allylic oxidation sites excluding steroid dienone is 4. The number of hydrogen-bond acceptors (Lipinski definition) is 3. The van der Waals surface area contributed by atoms with Gasteiger partial charge in [0.1, 0.15) is 0 Å². The Labute approximate surface area is 224 Å². The number of benzene rings is 2. The smallest absolute Gasteiger partial charge is 0.286 e. The molecule has 0 radical (unpaired) electrons. The zero-order valence-electron chi connectivity index (χ0n) is 21.7. The Bertz CT molecular complexity index is 1140. The quantitative estimate of drug-likeness (QED) is 0.306. The SMILES string of the molecule is CCOC(OCC)C1=CC(Br)=C(C2(C#[N+]C)CN(C(c3ccccc3)c3ccccc3)C2)C=C(C)C1. The van der Waals surface area contributed by atoms with E-state index in [0.717, 1.165) is 29.6 Å². The molecule has 188 valence electrons. The van der Waals surface area contributed by atoms with Crippen molar-refractivity contribution in [1.29, 1.82) is 0 Å². The zero-order valence-corrected chi connectivity index (χ0v) is 23.3. The van der Waals surface area contributed by atoms with E-state index >= 15 is 0 Å². The number of nitrogens with zero attached hydrogens (tertiary/aromatic N) is 2. The second-order valence-corrected chi connectivity index (χ2v) is 10.3. The highest BCUT2D eigenvalue weighted by molar-refractivity contribution is 9.11. The number of ether oxygens (including phenoxy) is 2. The third kappa shape index (κ3) is 5.74. The van der Waals surface area contributed by atoms with Crippen molar-refractivity contribution in [2.75, 3.05) is 33.4 Å². The summed E-state index contributed by atoms with van der Waals surface area (Å²) in [5.41, 5.74) is 5.90. The van der Waals surface area contributed by atoms with Crippen molar-refractivity contribution >= 4 is 15.9 Å². The first-order valence-electron chi connectivity index (χ1n) is 12.7. The van der Waals surface area contributed by atoms with E-state index in [-0.39, 0.29) is 17.7 Å². The Kier molecular flexibility index (Phi) is 8.98. The maximum atomic E-state index is 5.93.